The van der Waals surface area contributed by atoms with Crippen LogP contribution in [-0.4, -0.2) is 29.9 Å². The Kier molecular flexibility index (Phi) is 4.39. The molecule has 14 heavy (non-hydrogen) atoms. The number of nitrogens with zero attached hydrogens (tertiary/aromatic N) is 1. The maximum absolute atomic E-state index is 11.9. The van der Waals surface area contributed by atoms with E-state index in [0.717, 1.165) is 6.54 Å². The van der Waals surface area contributed by atoms with E-state index in [4.69, 9.17) is 5.73 Å². The molecule has 0 heterocycles. The van der Waals surface area contributed by atoms with Gasteiger partial charge in [-0.05, 0) is 12.8 Å². The third kappa shape index (κ3) is 2.71. The highest BCUT2D eigenvalue weighted by Crippen LogP contribution is 2.24. The van der Waals surface area contributed by atoms with Gasteiger partial charge in [0, 0.05) is 25.0 Å². The van der Waals surface area contributed by atoms with Crippen molar-refractivity contribution in [1.82, 2.24) is 4.90 Å². The number of rotatable bonds is 4. The van der Waals surface area contributed by atoms with Gasteiger partial charge in [0.1, 0.15) is 0 Å². The van der Waals surface area contributed by atoms with E-state index in [1.807, 2.05) is 18.7 Å². The van der Waals surface area contributed by atoms with Crippen LogP contribution >= 0.6 is 0 Å². The first-order valence-electron chi connectivity index (χ1n) is 5.67. The van der Waals surface area contributed by atoms with Crippen molar-refractivity contribution in [2.45, 2.75) is 45.6 Å². The highest BCUT2D eigenvalue weighted by Gasteiger charge is 2.27. The van der Waals surface area contributed by atoms with Gasteiger partial charge in [0.25, 0.3) is 0 Å². The van der Waals surface area contributed by atoms with Gasteiger partial charge in [0.2, 0.25) is 5.91 Å². The van der Waals surface area contributed by atoms with E-state index in [9.17, 15) is 4.79 Å². The Morgan fingerprint density at radius 1 is 1.43 bits per heavy atom. The van der Waals surface area contributed by atoms with Crippen LogP contribution in [0.4, 0.5) is 0 Å². The van der Waals surface area contributed by atoms with Gasteiger partial charge in [-0.1, -0.05) is 26.7 Å². The third-order valence-electron chi connectivity index (χ3n) is 2.91. The quantitative estimate of drug-likeness (QED) is 0.741. The van der Waals surface area contributed by atoms with E-state index in [2.05, 4.69) is 0 Å². The van der Waals surface area contributed by atoms with Crippen molar-refractivity contribution in [3.63, 3.8) is 0 Å². The first kappa shape index (κ1) is 11.5. The minimum Gasteiger partial charge on any atom is -0.338 e. The van der Waals surface area contributed by atoms with E-state index in [1.54, 1.807) is 0 Å². The summed E-state index contributed by atoms with van der Waals surface area (Å²) in [5.74, 6) is 0.365. The minimum atomic E-state index is 0.0992. The van der Waals surface area contributed by atoms with Crippen molar-refractivity contribution in [1.29, 1.82) is 0 Å². The second-order valence-corrected chi connectivity index (χ2v) is 4.41. The molecule has 0 aromatic rings. The molecular formula is C11H22N2O. The lowest BCUT2D eigenvalue weighted by atomic mass is 10.1. The number of carbonyl (C=O) groups excluding carboxylic acids is 1. The summed E-state index contributed by atoms with van der Waals surface area (Å²) in [6.07, 6.45) is 4.85. The van der Waals surface area contributed by atoms with Gasteiger partial charge in [-0.2, -0.15) is 0 Å². The zero-order valence-electron chi connectivity index (χ0n) is 9.33. The molecule has 1 rings (SSSR count). The van der Waals surface area contributed by atoms with Crippen molar-refractivity contribution in [3.05, 3.63) is 0 Å². The van der Waals surface area contributed by atoms with Crippen molar-refractivity contribution in [3.8, 4) is 0 Å². The van der Waals surface area contributed by atoms with Crippen LogP contribution in [0.5, 0.6) is 0 Å². The van der Waals surface area contributed by atoms with Gasteiger partial charge in [0.05, 0.1) is 0 Å². The summed E-state index contributed by atoms with van der Waals surface area (Å²) in [4.78, 5) is 13.9. The summed E-state index contributed by atoms with van der Waals surface area (Å²) >= 11 is 0. The van der Waals surface area contributed by atoms with Gasteiger partial charge in [-0.15, -0.1) is 0 Å². The number of hydrogen-bond donors (Lipinski definition) is 1. The smallest absolute Gasteiger partial charge is 0.225 e. The van der Waals surface area contributed by atoms with Crippen LogP contribution in [0.2, 0.25) is 0 Å². The first-order valence-corrected chi connectivity index (χ1v) is 5.67. The lowest BCUT2D eigenvalue weighted by molar-refractivity contribution is -0.136. The summed E-state index contributed by atoms with van der Waals surface area (Å²) < 4.78 is 0. The Morgan fingerprint density at radius 3 is 2.43 bits per heavy atom. The van der Waals surface area contributed by atoms with Crippen molar-refractivity contribution >= 4 is 5.91 Å². The van der Waals surface area contributed by atoms with Gasteiger partial charge < -0.3 is 10.6 Å². The van der Waals surface area contributed by atoms with Crippen molar-refractivity contribution < 1.29 is 4.79 Å². The predicted molar refractivity (Wildman–Crippen MR) is 57.9 cm³/mol. The monoisotopic (exact) mass is 198 g/mol. The summed E-state index contributed by atoms with van der Waals surface area (Å²) in [6.45, 7) is 5.22. The lowest BCUT2D eigenvalue weighted by Crippen LogP contribution is -2.43. The van der Waals surface area contributed by atoms with Crippen LogP contribution < -0.4 is 5.73 Å². The van der Waals surface area contributed by atoms with Gasteiger partial charge >= 0.3 is 0 Å². The van der Waals surface area contributed by atoms with Crippen LogP contribution in [0.1, 0.15) is 39.5 Å². The third-order valence-corrected chi connectivity index (χ3v) is 2.91. The maximum Gasteiger partial charge on any atom is 0.225 e. The van der Waals surface area contributed by atoms with Crippen molar-refractivity contribution in [2.75, 3.05) is 13.1 Å². The minimum absolute atomic E-state index is 0.0992. The molecular weight excluding hydrogens is 176 g/mol. The second-order valence-electron chi connectivity index (χ2n) is 4.41. The average Bonchev–Trinajstić information content (AvgIpc) is 2.65. The molecule has 0 spiro atoms. The molecule has 0 aromatic heterocycles. The Morgan fingerprint density at radius 2 is 2.00 bits per heavy atom. The van der Waals surface area contributed by atoms with E-state index < -0.39 is 0 Å². The van der Waals surface area contributed by atoms with Crippen LogP contribution in [0.25, 0.3) is 0 Å². The number of hydrogen-bond acceptors (Lipinski definition) is 2. The molecule has 1 aliphatic carbocycles. The number of amides is 1. The standard InChI is InChI=1S/C11H22N2O/c1-9(2)11(14)13(8-7-12)10-5-3-4-6-10/h9-10H,3-8,12H2,1-2H3. The Balaban J connectivity index is 2.57. The largest absolute Gasteiger partial charge is 0.338 e. The lowest BCUT2D eigenvalue weighted by Gasteiger charge is -2.30. The molecule has 0 aliphatic heterocycles. The van der Waals surface area contributed by atoms with Gasteiger partial charge in [-0.25, -0.2) is 0 Å². The molecule has 0 bridgehead atoms. The Hall–Kier alpha value is -0.570. The SMILES string of the molecule is CC(C)C(=O)N(CCN)C1CCCC1. The molecule has 0 saturated heterocycles. The Bertz CT molecular complexity index is 186. The van der Waals surface area contributed by atoms with Crippen molar-refractivity contribution in [2.24, 2.45) is 11.7 Å². The summed E-state index contributed by atoms with van der Waals surface area (Å²) in [6, 6.07) is 0.466. The molecule has 82 valence electrons. The molecule has 1 amide bonds. The van der Waals surface area contributed by atoms with E-state index >= 15 is 0 Å². The molecule has 3 nitrogen and oxygen atoms in total. The van der Waals surface area contributed by atoms with E-state index in [-0.39, 0.29) is 11.8 Å². The van der Waals surface area contributed by atoms with Crippen LogP contribution in [-0.2, 0) is 4.79 Å². The fourth-order valence-electron chi connectivity index (χ4n) is 2.16. The van der Waals surface area contributed by atoms with E-state index in [0.29, 0.717) is 12.6 Å². The average molecular weight is 198 g/mol. The molecule has 1 saturated carbocycles. The fraction of sp³-hybridized carbons (Fsp3) is 0.909. The van der Waals surface area contributed by atoms with Gasteiger partial charge in [0.15, 0.2) is 0 Å². The molecule has 1 aliphatic rings. The zero-order chi connectivity index (χ0) is 10.6. The predicted octanol–water partition coefficient (Wildman–Crippen LogP) is 1.37. The second kappa shape index (κ2) is 5.35. The van der Waals surface area contributed by atoms with Crippen LogP contribution in [0.15, 0.2) is 0 Å². The first-order chi connectivity index (χ1) is 6.66. The zero-order valence-corrected chi connectivity index (χ0v) is 9.33. The molecule has 3 heteroatoms. The molecule has 0 unspecified atom stereocenters. The highest BCUT2D eigenvalue weighted by atomic mass is 16.2. The maximum atomic E-state index is 11.9. The molecule has 2 N–H and O–H groups in total. The van der Waals surface area contributed by atoms with Gasteiger partial charge in [-0.3, -0.25) is 4.79 Å². The summed E-state index contributed by atoms with van der Waals surface area (Å²) in [7, 11) is 0. The van der Waals surface area contributed by atoms with Crippen LogP contribution in [0.3, 0.4) is 0 Å². The molecule has 1 fully saturated rings. The Labute approximate surface area is 86.6 Å². The van der Waals surface area contributed by atoms with E-state index in [1.165, 1.54) is 25.7 Å². The highest BCUT2D eigenvalue weighted by molar-refractivity contribution is 5.78. The number of carbonyl (C=O) groups is 1. The fourth-order valence-corrected chi connectivity index (χ4v) is 2.16. The molecule has 0 aromatic carbocycles. The number of nitrogens with two attached hydrogens (primary N) is 1. The normalized spacial score (nSPS) is 17.7. The van der Waals surface area contributed by atoms with Crippen LogP contribution in [0, 0.1) is 5.92 Å². The molecule has 0 radical (unpaired) electrons. The topological polar surface area (TPSA) is 46.3 Å². The molecule has 0 atom stereocenters. The summed E-state index contributed by atoms with van der Waals surface area (Å²) in [5.41, 5.74) is 5.54. The summed E-state index contributed by atoms with van der Waals surface area (Å²) in [5, 5.41) is 0.